The molecule has 0 bridgehead atoms. The maximum atomic E-state index is 12.7. The van der Waals surface area contributed by atoms with Crippen molar-refractivity contribution in [1.29, 1.82) is 0 Å². The van der Waals surface area contributed by atoms with Gasteiger partial charge in [0.1, 0.15) is 4.21 Å². The number of benzene rings is 2. The molecule has 0 saturated carbocycles. The predicted molar refractivity (Wildman–Crippen MR) is 115 cm³/mol. The van der Waals surface area contributed by atoms with E-state index in [-0.39, 0.29) is 10.1 Å². The number of aryl methyl sites for hydroxylation is 2. The summed E-state index contributed by atoms with van der Waals surface area (Å²) in [5, 5.41) is 6.25. The Bertz CT molecular complexity index is 1280. The monoisotopic (exact) mass is 445 g/mol. The second-order valence-corrected chi connectivity index (χ2v) is 9.75. The maximum Gasteiger partial charge on any atom is 0.271 e. The van der Waals surface area contributed by atoms with E-state index < -0.39 is 10.0 Å². The van der Waals surface area contributed by atoms with Crippen molar-refractivity contribution in [2.75, 3.05) is 4.72 Å². The van der Waals surface area contributed by atoms with Crippen LogP contribution in [-0.2, 0) is 10.0 Å². The molecule has 4 aromatic rings. The zero-order chi connectivity index (χ0) is 20.6. The van der Waals surface area contributed by atoms with Gasteiger partial charge in [0.05, 0.1) is 5.56 Å². The number of sulfonamides is 1. The molecule has 0 fully saturated rings. The molecule has 0 saturated heterocycles. The van der Waals surface area contributed by atoms with Gasteiger partial charge in [-0.05, 0) is 67.4 Å². The summed E-state index contributed by atoms with van der Waals surface area (Å²) < 4.78 is 33.5. The lowest BCUT2D eigenvalue weighted by atomic mass is 10.1. The Balaban J connectivity index is 1.57. The van der Waals surface area contributed by atoms with Gasteiger partial charge in [0.2, 0.25) is 5.82 Å². The van der Waals surface area contributed by atoms with Crippen LogP contribution < -0.4 is 4.72 Å². The average molecular weight is 446 g/mol. The third-order valence-corrected chi connectivity index (χ3v) is 7.45. The summed E-state index contributed by atoms with van der Waals surface area (Å²) in [5.41, 5.74) is 3.93. The van der Waals surface area contributed by atoms with Crippen LogP contribution in [0.4, 0.5) is 5.69 Å². The summed E-state index contributed by atoms with van der Waals surface area (Å²) in [6.07, 6.45) is 0. The van der Waals surface area contributed by atoms with Crippen molar-refractivity contribution in [1.82, 2.24) is 10.1 Å². The first-order valence-electron chi connectivity index (χ1n) is 8.60. The second kappa shape index (κ2) is 7.62. The Morgan fingerprint density at radius 2 is 1.76 bits per heavy atom. The lowest BCUT2D eigenvalue weighted by Crippen LogP contribution is -2.11. The minimum absolute atomic E-state index is 0.164. The summed E-state index contributed by atoms with van der Waals surface area (Å²) >= 11 is 6.98. The van der Waals surface area contributed by atoms with Crippen molar-refractivity contribution < 1.29 is 12.9 Å². The molecule has 0 amide bonds. The molecule has 2 aromatic heterocycles. The summed E-state index contributed by atoms with van der Waals surface area (Å²) in [7, 11) is -3.72. The second-order valence-electron chi connectivity index (χ2n) is 6.49. The average Bonchev–Trinajstić information content (AvgIpc) is 3.35. The number of nitrogens with one attached hydrogen (secondary N) is 1. The molecular weight excluding hydrogens is 430 g/mol. The van der Waals surface area contributed by atoms with Gasteiger partial charge in [0, 0.05) is 21.7 Å². The number of aromatic nitrogens is 2. The van der Waals surface area contributed by atoms with Crippen LogP contribution >= 0.6 is 22.9 Å². The van der Waals surface area contributed by atoms with Gasteiger partial charge < -0.3 is 4.52 Å². The van der Waals surface area contributed by atoms with Crippen LogP contribution in [0.1, 0.15) is 11.1 Å². The largest absolute Gasteiger partial charge is 0.334 e. The molecule has 0 aliphatic heterocycles. The molecule has 2 aromatic carbocycles. The fraction of sp³-hybridized carbons (Fsp3) is 0.100. The molecule has 4 rings (SSSR count). The molecule has 0 aliphatic rings. The third-order valence-electron chi connectivity index (χ3n) is 4.37. The van der Waals surface area contributed by atoms with E-state index in [1.54, 1.807) is 41.8 Å². The molecule has 0 spiro atoms. The molecule has 2 heterocycles. The first-order chi connectivity index (χ1) is 13.8. The van der Waals surface area contributed by atoms with E-state index in [1.165, 1.54) is 6.07 Å². The molecule has 1 N–H and O–H groups in total. The van der Waals surface area contributed by atoms with Crippen LogP contribution in [-0.4, -0.2) is 18.6 Å². The number of hydrogen-bond acceptors (Lipinski definition) is 6. The van der Waals surface area contributed by atoms with Crippen LogP contribution in [0.3, 0.4) is 0 Å². The van der Waals surface area contributed by atoms with Gasteiger partial charge in [-0.1, -0.05) is 22.8 Å². The van der Waals surface area contributed by atoms with E-state index in [9.17, 15) is 8.42 Å². The smallest absolute Gasteiger partial charge is 0.271 e. The molecule has 6 nitrogen and oxygen atoms in total. The first-order valence-corrected chi connectivity index (χ1v) is 11.3. The molecule has 0 unspecified atom stereocenters. The molecule has 0 aliphatic carbocycles. The predicted octanol–water partition coefficient (Wildman–Crippen LogP) is 5.54. The molecule has 148 valence electrons. The highest BCUT2D eigenvalue weighted by Crippen LogP contribution is 2.30. The van der Waals surface area contributed by atoms with E-state index in [0.717, 1.165) is 28.0 Å². The summed E-state index contributed by atoms with van der Waals surface area (Å²) in [4.78, 5) is 4.35. The molecule has 0 radical (unpaired) electrons. The van der Waals surface area contributed by atoms with Crippen molar-refractivity contribution in [2.45, 2.75) is 18.1 Å². The number of thiophene rings is 1. The van der Waals surface area contributed by atoms with Crippen LogP contribution in [0.5, 0.6) is 0 Å². The summed E-state index contributed by atoms with van der Waals surface area (Å²) in [6, 6.07) is 14.0. The van der Waals surface area contributed by atoms with Crippen molar-refractivity contribution in [3.05, 3.63) is 70.1 Å². The third kappa shape index (κ3) is 4.19. The Labute approximate surface area is 177 Å². The number of anilines is 1. The first kappa shape index (κ1) is 19.6. The van der Waals surface area contributed by atoms with Crippen LogP contribution in [0.25, 0.3) is 22.8 Å². The van der Waals surface area contributed by atoms with Crippen molar-refractivity contribution in [2.24, 2.45) is 0 Å². The van der Waals surface area contributed by atoms with Crippen molar-refractivity contribution in [3.8, 4) is 22.8 Å². The minimum Gasteiger partial charge on any atom is -0.334 e. The fourth-order valence-corrected chi connectivity index (χ4v) is 4.97. The van der Waals surface area contributed by atoms with Crippen LogP contribution in [0.15, 0.2) is 62.6 Å². The van der Waals surface area contributed by atoms with E-state index in [4.69, 9.17) is 16.1 Å². The zero-order valence-corrected chi connectivity index (χ0v) is 17.9. The number of hydrogen-bond donors (Lipinski definition) is 1. The zero-order valence-electron chi connectivity index (χ0n) is 15.5. The van der Waals surface area contributed by atoms with Gasteiger partial charge in [-0.3, -0.25) is 4.72 Å². The summed E-state index contributed by atoms with van der Waals surface area (Å²) in [5.74, 6) is 0.652. The van der Waals surface area contributed by atoms with Crippen molar-refractivity contribution in [3.63, 3.8) is 0 Å². The summed E-state index contributed by atoms with van der Waals surface area (Å²) in [6.45, 7) is 3.91. The molecular formula is C20H16ClN3O3S2. The number of nitrogens with zero attached hydrogens (tertiary/aromatic N) is 2. The maximum absolute atomic E-state index is 12.7. The van der Waals surface area contributed by atoms with Gasteiger partial charge in [0.15, 0.2) is 0 Å². The Kier molecular flexibility index (Phi) is 5.16. The molecule has 0 atom stereocenters. The quantitative estimate of drug-likeness (QED) is 0.436. The highest BCUT2D eigenvalue weighted by molar-refractivity contribution is 7.94. The highest BCUT2D eigenvalue weighted by atomic mass is 35.5. The fourth-order valence-electron chi connectivity index (χ4n) is 2.64. The highest BCUT2D eigenvalue weighted by Gasteiger charge is 2.20. The molecule has 29 heavy (non-hydrogen) atoms. The Morgan fingerprint density at radius 3 is 2.48 bits per heavy atom. The van der Waals surface area contributed by atoms with E-state index in [2.05, 4.69) is 14.9 Å². The van der Waals surface area contributed by atoms with E-state index in [1.807, 2.05) is 19.9 Å². The van der Waals surface area contributed by atoms with Gasteiger partial charge in [-0.2, -0.15) is 4.98 Å². The topological polar surface area (TPSA) is 85.1 Å². The Hall–Kier alpha value is -2.68. The molecule has 9 heteroatoms. The van der Waals surface area contributed by atoms with Gasteiger partial charge in [-0.15, -0.1) is 11.3 Å². The van der Waals surface area contributed by atoms with Gasteiger partial charge in [-0.25, -0.2) is 8.42 Å². The lowest BCUT2D eigenvalue weighted by molar-refractivity contribution is 0.432. The standard InChI is InChI=1S/C20H16ClN3O3S2/c1-12-3-8-17(9-13(12)2)24-29(25,26)18-10-15(11-28-18)20-22-19(23-27-20)14-4-6-16(21)7-5-14/h3-11,24H,1-2H3. The van der Waals surface area contributed by atoms with E-state index in [0.29, 0.717) is 22.1 Å². The van der Waals surface area contributed by atoms with Crippen LogP contribution in [0, 0.1) is 13.8 Å². The number of halogens is 1. The van der Waals surface area contributed by atoms with Gasteiger partial charge in [0.25, 0.3) is 15.9 Å². The Morgan fingerprint density at radius 1 is 1.00 bits per heavy atom. The SMILES string of the molecule is Cc1ccc(NS(=O)(=O)c2cc(-c3nc(-c4ccc(Cl)cc4)no3)cs2)cc1C. The van der Waals surface area contributed by atoms with Crippen molar-refractivity contribution >= 4 is 38.6 Å². The minimum atomic E-state index is -3.72. The van der Waals surface area contributed by atoms with E-state index >= 15 is 0 Å². The van der Waals surface area contributed by atoms with Gasteiger partial charge >= 0.3 is 0 Å². The number of rotatable bonds is 5. The van der Waals surface area contributed by atoms with Crippen LogP contribution in [0.2, 0.25) is 5.02 Å². The lowest BCUT2D eigenvalue weighted by Gasteiger charge is -2.08. The normalized spacial score (nSPS) is 11.6.